The van der Waals surface area contributed by atoms with Crippen molar-refractivity contribution in [1.82, 2.24) is 9.59 Å². The molecule has 0 radical (unpaired) electrons. The van der Waals surface area contributed by atoms with E-state index in [1.807, 2.05) is 19.1 Å². The number of aryl methyl sites for hydroxylation is 1. The highest BCUT2D eigenvalue weighted by molar-refractivity contribution is 7.10. The molecule has 28 heavy (non-hydrogen) atoms. The minimum Gasteiger partial charge on any atom is -0.495 e. The van der Waals surface area contributed by atoms with Gasteiger partial charge < -0.3 is 19.7 Å². The summed E-state index contributed by atoms with van der Waals surface area (Å²) in [5.74, 6) is -1.21. The molecular weight excluding hydrogens is 384 g/mol. The molecule has 1 aliphatic heterocycles. The molecule has 148 valence electrons. The van der Waals surface area contributed by atoms with Crippen molar-refractivity contribution in [2.45, 2.75) is 20.3 Å². The Kier molecular flexibility index (Phi) is 5.88. The standard InChI is InChI=1S/C18H20N4O5S/c1-4-27-18(25)15-17(28-21-20-15)19-16(24)11-8-14(23)22(9-11)12-7-10(2)5-6-13(12)26-3/h5-7,11H,4,8-9H2,1-3H3,(H,19,24). The van der Waals surface area contributed by atoms with Gasteiger partial charge in [0.25, 0.3) is 0 Å². The molecule has 1 atom stereocenters. The Labute approximate surface area is 165 Å². The molecule has 3 rings (SSSR count). The van der Waals surface area contributed by atoms with Crippen molar-refractivity contribution in [1.29, 1.82) is 0 Å². The molecule has 0 saturated carbocycles. The maximum atomic E-state index is 12.7. The average molecular weight is 404 g/mol. The van der Waals surface area contributed by atoms with E-state index in [0.717, 1.165) is 17.1 Å². The maximum Gasteiger partial charge on any atom is 0.362 e. The first-order valence-corrected chi connectivity index (χ1v) is 9.47. The van der Waals surface area contributed by atoms with Gasteiger partial charge in [0.15, 0.2) is 5.00 Å². The van der Waals surface area contributed by atoms with Crippen LogP contribution in [0.4, 0.5) is 10.7 Å². The Morgan fingerprint density at radius 1 is 1.39 bits per heavy atom. The number of ether oxygens (including phenoxy) is 2. The zero-order chi connectivity index (χ0) is 20.3. The van der Waals surface area contributed by atoms with Crippen LogP contribution in [0, 0.1) is 12.8 Å². The van der Waals surface area contributed by atoms with Crippen molar-refractivity contribution in [3.8, 4) is 5.75 Å². The zero-order valence-corrected chi connectivity index (χ0v) is 16.5. The van der Waals surface area contributed by atoms with Gasteiger partial charge in [0.2, 0.25) is 17.5 Å². The molecule has 1 aromatic heterocycles. The maximum absolute atomic E-state index is 12.7. The summed E-state index contributed by atoms with van der Waals surface area (Å²) in [6.07, 6.45) is 0.0594. The molecule has 2 heterocycles. The molecule has 0 bridgehead atoms. The largest absolute Gasteiger partial charge is 0.495 e. The fourth-order valence-electron chi connectivity index (χ4n) is 2.95. The normalized spacial score (nSPS) is 16.2. The molecule has 9 nitrogen and oxygen atoms in total. The van der Waals surface area contributed by atoms with Gasteiger partial charge in [0.1, 0.15) is 5.75 Å². The number of methoxy groups -OCH3 is 1. The average Bonchev–Trinajstić information content (AvgIpc) is 3.28. The summed E-state index contributed by atoms with van der Waals surface area (Å²) in [4.78, 5) is 38.6. The molecular formula is C18H20N4O5S. The van der Waals surface area contributed by atoms with Crippen LogP contribution >= 0.6 is 11.5 Å². The molecule has 1 saturated heterocycles. The third kappa shape index (κ3) is 3.96. The van der Waals surface area contributed by atoms with Crippen LogP contribution in [-0.4, -0.2) is 47.6 Å². The van der Waals surface area contributed by atoms with E-state index in [9.17, 15) is 14.4 Å². The van der Waals surface area contributed by atoms with Crippen molar-refractivity contribution >= 4 is 40.0 Å². The number of rotatable bonds is 6. The van der Waals surface area contributed by atoms with E-state index in [1.165, 1.54) is 7.11 Å². The Morgan fingerprint density at radius 3 is 2.89 bits per heavy atom. The van der Waals surface area contributed by atoms with Crippen molar-refractivity contribution in [3.05, 3.63) is 29.5 Å². The molecule has 1 fully saturated rings. The van der Waals surface area contributed by atoms with Crippen LogP contribution < -0.4 is 15.0 Å². The number of benzene rings is 1. The van der Waals surface area contributed by atoms with Gasteiger partial charge in [-0.25, -0.2) is 4.79 Å². The van der Waals surface area contributed by atoms with Gasteiger partial charge >= 0.3 is 5.97 Å². The molecule has 1 aliphatic rings. The van der Waals surface area contributed by atoms with Crippen LogP contribution in [0.2, 0.25) is 0 Å². The first-order valence-electron chi connectivity index (χ1n) is 8.70. The van der Waals surface area contributed by atoms with Crippen LogP contribution in [-0.2, 0) is 14.3 Å². The van der Waals surface area contributed by atoms with Crippen LogP contribution in [0.15, 0.2) is 18.2 Å². The van der Waals surface area contributed by atoms with Crippen molar-refractivity contribution in [3.63, 3.8) is 0 Å². The van der Waals surface area contributed by atoms with Crippen molar-refractivity contribution < 1.29 is 23.9 Å². The van der Waals surface area contributed by atoms with Gasteiger partial charge in [-0.15, -0.1) is 5.10 Å². The molecule has 0 aliphatic carbocycles. The molecule has 10 heteroatoms. The second-order valence-corrected chi connectivity index (χ2v) is 7.00. The summed E-state index contributed by atoms with van der Waals surface area (Å²) < 4.78 is 13.9. The number of anilines is 2. The lowest BCUT2D eigenvalue weighted by atomic mass is 10.1. The van der Waals surface area contributed by atoms with Gasteiger partial charge in [0.05, 0.1) is 25.3 Å². The van der Waals surface area contributed by atoms with Gasteiger partial charge in [-0.05, 0) is 31.5 Å². The third-order valence-electron chi connectivity index (χ3n) is 4.31. The summed E-state index contributed by atoms with van der Waals surface area (Å²) in [5.41, 5.74) is 1.57. The zero-order valence-electron chi connectivity index (χ0n) is 15.7. The number of carbonyl (C=O) groups excluding carboxylic acids is 3. The fourth-order valence-corrected chi connectivity index (χ4v) is 3.51. The lowest BCUT2D eigenvalue weighted by Crippen LogP contribution is -2.28. The summed E-state index contributed by atoms with van der Waals surface area (Å²) >= 11 is 0.884. The van der Waals surface area contributed by atoms with Crippen molar-refractivity contribution in [2.24, 2.45) is 5.92 Å². The monoisotopic (exact) mass is 404 g/mol. The fraction of sp³-hybridized carbons (Fsp3) is 0.389. The molecule has 0 spiro atoms. The minimum atomic E-state index is -0.653. The van der Waals surface area contributed by atoms with Gasteiger partial charge in [-0.3, -0.25) is 9.59 Å². The van der Waals surface area contributed by atoms with Crippen LogP contribution in [0.5, 0.6) is 5.75 Å². The third-order valence-corrected chi connectivity index (χ3v) is 4.96. The van der Waals surface area contributed by atoms with Crippen molar-refractivity contribution in [2.75, 3.05) is 30.5 Å². The van der Waals surface area contributed by atoms with E-state index in [0.29, 0.717) is 11.4 Å². The van der Waals surface area contributed by atoms with Crippen LogP contribution in [0.3, 0.4) is 0 Å². The number of nitrogens with one attached hydrogen (secondary N) is 1. The number of amides is 2. The van der Waals surface area contributed by atoms with Crippen LogP contribution in [0.25, 0.3) is 0 Å². The van der Waals surface area contributed by atoms with E-state index in [4.69, 9.17) is 9.47 Å². The van der Waals surface area contributed by atoms with E-state index in [2.05, 4.69) is 14.9 Å². The Bertz CT molecular complexity index is 913. The Morgan fingerprint density at radius 2 is 2.18 bits per heavy atom. The van der Waals surface area contributed by atoms with E-state index >= 15 is 0 Å². The predicted molar refractivity (Wildman–Crippen MR) is 103 cm³/mol. The summed E-state index contributed by atoms with van der Waals surface area (Å²) in [5, 5.41) is 6.57. The number of esters is 1. The summed E-state index contributed by atoms with van der Waals surface area (Å²) in [7, 11) is 1.53. The minimum absolute atomic E-state index is 0.0401. The highest BCUT2D eigenvalue weighted by Crippen LogP contribution is 2.34. The van der Waals surface area contributed by atoms with Crippen LogP contribution in [0.1, 0.15) is 29.4 Å². The molecule has 1 unspecified atom stereocenters. The predicted octanol–water partition coefficient (Wildman–Crippen LogP) is 2.02. The van der Waals surface area contributed by atoms with E-state index < -0.39 is 11.9 Å². The highest BCUT2D eigenvalue weighted by Gasteiger charge is 2.37. The molecule has 2 amide bonds. The first-order chi connectivity index (χ1) is 13.4. The number of hydrogen-bond acceptors (Lipinski definition) is 8. The second-order valence-electron chi connectivity index (χ2n) is 6.24. The lowest BCUT2D eigenvalue weighted by Gasteiger charge is -2.20. The topological polar surface area (TPSA) is 111 Å². The smallest absolute Gasteiger partial charge is 0.362 e. The van der Waals surface area contributed by atoms with Gasteiger partial charge in [-0.1, -0.05) is 10.6 Å². The number of carbonyl (C=O) groups is 3. The van der Waals surface area contributed by atoms with Gasteiger partial charge in [-0.2, -0.15) is 0 Å². The molecule has 2 aromatic rings. The molecule has 1 aromatic carbocycles. The first kappa shape index (κ1) is 19.7. The number of nitrogens with zero attached hydrogens (tertiary/aromatic N) is 3. The highest BCUT2D eigenvalue weighted by atomic mass is 32.1. The lowest BCUT2D eigenvalue weighted by molar-refractivity contribution is -0.122. The van der Waals surface area contributed by atoms with E-state index in [-0.39, 0.29) is 42.1 Å². The number of aromatic nitrogens is 2. The Balaban J connectivity index is 1.74. The SMILES string of the molecule is CCOC(=O)c1nnsc1NC(=O)C1CC(=O)N(c2cc(C)ccc2OC)C1. The summed E-state index contributed by atoms with van der Waals surface area (Å²) in [6, 6.07) is 5.53. The summed E-state index contributed by atoms with van der Waals surface area (Å²) in [6.45, 7) is 4.00. The van der Waals surface area contributed by atoms with Gasteiger partial charge in [0, 0.05) is 24.5 Å². The van der Waals surface area contributed by atoms with E-state index in [1.54, 1.807) is 17.9 Å². The Hall–Kier alpha value is -3.01. The number of hydrogen-bond donors (Lipinski definition) is 1. The molecule has 1 N–H and O–H groups in total. The quantitative estimate of drug-likeness (QED) is 0.733. The second kappa shape index (κ2) is 8.34.